The number of aliphatic hydroxyl groups is 3. The molecule has 5 atom stereocenters. The minimum Gasteiger partial charge on any atom is -0.481 e. The third-order valence-corrected chi connectivity index (χ3v) is 4.46. The van der Waals surface area contributed by atoms with Gasteiger partial charge in [-0.3, -0.25) is 4.79 Å². The molecular weight excluding hydrogens is 312 g/mol. The number of unbranched alkanes of at least 4 members (excludes halogenated alkanes) is 4. The van der Waals surface area contributed by atoms with Crippen LogP contribution in [0.25, 0.3) is 0 Å². The fraction of sp³-hybridized carbons (Fsp3) is 0.833. The van der Waals surface area contributed by atoms with Crippen LogP contribution in [0.4, 0.5) is 0 Å². The van der Waals surface area contributed by atoms with Crippen molar-refractivity contribution in [2.24, 2.45) is 0 Å². The first-order valence-corrected chi connectivity index (χ1v) is 9.03. The van der Waals surface area contributed by atoms with Crippen molar-refractivity contribution in [2.75, 3.05) is 0 Å². The first-order chi connectivity index (χ1) is 11.4. The number of aliphatic carboxylic acids is 1. The van der Waals surface area contributed by atoms with E-state index in [1.165, 1.54) is 6.08 Å². The monoisotopic (exact) mass is 344 g/mol. The molecule has 0 bridgehead atoms. The van der Waals surface area contributed by atoms with Crippen LogP contribution >= 0.6 is 0 Å². The molecule has 0 aliphatic carbocycles. The van der Waals surface area contributed by atoms with Crippen LogP contribution in [0.2, 0.25) is 0 Å². The summed E-state index contributed by atoms with van der Waals surface area (Å²) in [5.41, 5.74) is 0. The van der Waals surface area contributed by atoms with Crippen molar-refractivity contribution in [3.05, 3.63) is 12.2 Å². The molecule has 1 heterocycles. The Kier molecular flexibility index (Phi) is 10.2. The van der Waals surface area contributed by atoms with Gasteiger partial charge in [0.25, 0.3) is 0 Å². The quantitative estimate of drug-likeness (QED) is 0.319. The summed E-state index contributed by atoms with van der Waals surface area (Å²) in [7, 11) is 0. The zero-order chi connectivity index (χ0) is 17.9. The van der Waals surface area contributed by atoms with E-state index in [-0.39, 0.29) is 12.5 Å². The van der Waals surface area contributed by atoms with Gasteiger partial charge in [-0.1, -0.05) is 44.8 Å². The molecule has 0 radical (unpaired) electrons. The zero-order valence-corrected chi connectivity index (χ0v) is 14.5. The van der Waals surface area contributed by atoms with Crippen LogP contribution in [0.15, 0.2) is 12.2 Å². The van der Waals surface area contributed by atoms with Gasteiger partial charge in [0, 0.05) is 12.8 Å². The summed E-state index contributed by atoms with van der Waals surface area (Å²) in [4.78, 5) is 10.4. The molecule has 140 valence electrons. The van der Waals surface area contributed by atoms with Crippen molar-refractivity contribution in [3.8, 4) is 0 Å². The topological polar surface area (TPSA) is 107 Å². The minimum absolute atomic E-state index is 0.226. The summed E-state index contributed by atoms with van der Waals surface area (Å²) < 4.78 is 5.75. The third-order valence-electron chi connectivity index (χ3n) is 4.46. The average molecular weight is 344 g/mol. The molecule has 0 saturated carbocycles. The molecule has 0 aromatic rings. The number of hydrogen-bond donors (Lipinski definition) is 4. The summed E-state index contributed by atoms with van der Waals surface area (Å²) in [5.74, 6) is -0.748. The van der Waals surface area contributed by atoms with Gasteiger partial charge in [0.15, 0.2) is 0 Å². The fourth-order valence-electron chi connectivity index (χ4n) is 2.90. The molecule has 0 unspecified atom stereocenters. The highest BCUT2D eigenvalue weighted by Gasteiger charge is 2.36. The Morgan fingerprint density at radius 2 is 1.83 bits per heavy atom. The van der Waals surface area contributed by atoms with E-state index in [0.717, 1.165) is 32.1 Å². The van der Waals surface area contributed by atoms with E-state index in [9.17, 15) is 20.1 Å². The Balaban J connectivity index is 2.19. The number of hydrogen-bond acceptors (Lipinski definition) is 5. The number of carboxylic acid groups (broad SMARTS) is 1. The average Bonchev–Trinajstić information content (AvgIpc) is 2.92. The molecular formula is C18H32O6. The van der Waals surface area contributed by atoms with Crippen LogP contribution in [0.1, 0.15) is 64.7 Å². The lowest BCUT2D eigenvalue weighted by molar-refractivity contribution is -0.137. The second kappa shape index (κ2) is 11.6. The summed E-state index contributed by atoms with van der Waals surface area (Å²) >= 11 is 0. The molecule has 1 saturated heterocycles. The lowest BCUT2D eigenvalue weighted by Gasteiger charge is -2.17. The van der Waals surface area contributed by atoms with E-state index < -0.39 is 30.4 Å². The molecule has 24 heavy (non-hydrogen) atoms. The number of carbonyl (C=O) groups is 1. The van der Waals surface area contributed by atoms with Crippen LogP contribution in [0.5, 0.6) is 0 Å². The fourth-order valence-corrected chi connectivity index (χ4v) is 2.90. The maximum absolute atomic E-state index is 10.4. The first-order valence-electron chi connectivity index (χ1n) is 9.03. The van der Waals surface area contributed by atoms with Gasteiger partial charge in [-0.2, -0.15) is 0 Å². The summed E-state index contributed by atoms with van der Waals surface area (Å²) in [6.45, 7) is 1.86. The summed E-state index contributed by atoms with van der Waals surface area (Å²) in [6, 6.07) is 0. The van der Waals surface area contributed by atoms with Gasteiger partial charge in [0.2, 0.25) is 0 Å². The van der Waals surface area contributed by atoms with Crippen molar-refractivity contribution in [1.82, 2.24) is 0 Å². The van der Waals surface area contributed by atoms with Crippen LogP contribution in [-0.2, 0) is 9.53 Å². The van der Waals surface area contributed by atoms with Crippen molar-refractivity contribution < 1.29 is 30.0 Å². The number of ether oxygens (including phenoxy) is 1. The maximum atomic E-state index is 10.4. The van der Waals surface area contributed by atoms with E-state index in [0.29, 0.717) is 19.3 Å². The largest absolute Gasteiger partial charge is 0.481 e. The molecule has 1 fully saturated rings. The second-order valence-corrected chi connectivity index (χ2v) is 6.57. The van der Waals surface area contributed by atoms with E-state index in [4.69, 9.17) is 9.84 Å². The van der Waals surface area contributed by atoms with Gasteiger partial charge in [-0.25, -0.2) is 0 Å². The summed E-state index contributed by atoms with van der Waals surface area (Å²) in [6.07, 6.45) is 6.93. The molecule has 1 rings (SSSR count). The standard InChI is InChI=1S/C18H32O6/c1-2-13(19)10-11-14(20)17-12-15(21)16(24-17)8-6-4-3-5-7-9-18(22)23/h10-11,13-17,19-21H,2-9,12H2,1H3,(H,22,23)/b11-10+/t13-,14+,15-,16+,17+/m1/s1. The molecule has 0 aromatic heterocycles. The van der Waals surface area contributed by atoms with E-state index in [2.05, 4.69) is 0 Å². The van der Waals surface area contributed by atoms with Crippen LogP contribution in [0, 0.1) is 0 Å². The second-order valence-electron chi connectivity index (χ2n) is 6.57. The lowest BCUT2D eigenvalue weighted by Crippen LogP contribution is -2.25. The van der Waals surface area contributed by atoms with Crippen molar-refractivity contribution in [3.63, 3.8) is 0 Å². The molecule has 6 nitrogen and oxygen atoms in total. The molecule has 0 amide bonds. The van der Waals surface area contributed by atoms with E-state index >= 15 is 0 Å². The Hall–Kier alpha value is -0.950. The van der Waals surface area contributed by atoms with Gasteiger partial charge >= 0.3 is 5.97 Å². The smallest absolute Gasteiger partial charge is 0.303 e. The van der Waals surface area contributed by atoms with Crippen molar-refractivity contribution in [1.29, 1.82) is 0 Å². The molecule has 0 spiro atoms. The van der Waals surface area contributed by atoms with Gasteiger partial charge in [0.1, 0.15) is 0 Å². The van der Waals surface area contributed by atoms with Gasteiger partial charge in [-0.05, 0) is 19.3 Å². The van der Waals surface area contributed by atoms with Crippen molar-refractivity contribution in [2.45, 2.75) is 95.2 Å². The number of carboxylic acids is 1. The van der Waals surface area contributed by atoms with Crippen LogP contribution in [0.3, 0.4) is 0 Å². The normalized spacial score (nSPS) is 26.8. The SMILES string of the molecule is CC[C@@H](O)/C=C/[C@H](O)[C@@H]1C[C@@H](O)[C@H](CCCCCCCC(=O)O)O1. The van der Waals surface area contributed by atoms with E-state index in [1.807, 2.05) is 6.92 Å². The van der Waals surface area contributed by atoms with Gasteiger partial charge < -0.3 is 25.2 Å². The third kappa shape index (κ3) is 8.24. The maximum Gasteiger partial charge on any atom is 0.303 e. The van der Waals surface area contributed by atoms with Crippen molar-refractivity contribution >= 4 is 5.97 Å². The molecule has 6 heteroatoms. The Morgan fingerprint density at radius 3 is 2.50 bits per heavy atom. The number of aliphatic hydroxyl groups excluding tert-OH is 3. The van der Waals surface area contributed by atoms with E-state index in [1.54, 1.807) is 6.08 Å². The molecule has 4 N–H and O–H groups in total. The predicted octanol–water partition coefficient (Wildman–Crippen LogP) is 2.01. The van der Waals surface area contributed by atoms with Crippen LogP contribution in [-0.4, -0.2) is 56.9 Å². The lowest BCUT2D eigenvalue weighted by atomic mass is 10.0. The Morgan fingerprint density at radius 1 is 1.17 bits per heavy atom. The highest BCUT2D eigenvalue weighted by molar-refractivity contribution is 5.66. The van der Waals surface area contributed by atoms with Gasteiger partial charge in [-0.15, -0.1) is 0 Å². The molecule has 0 aromatic carbocycles. The number of rotatable bonds is 12. The first kappa shape index (κ1) is 21.1. The Labute approximate surface area is 144 Å². The van der Waals surface area contributed by atoms with Gasteiger partial charge in [0.05, 0.1) is 30.5 Å². The van der Waals surface area contributed by atoms with Crippen LogP contribution < -0.4 is 0 Å². The molecule has 1 aliphatic heterocycles. The Bertz CT molecular complexity index is 384. The minimum atomic E-state index is -0.818. The summed E-state index contributed by atoms with van der Waals surface area (Å²) in [5, 5.41) is 38.1. The highest BCUT2D eigenvalue weighted by Crippen LogP contribution is 2.27. The molecule has 1 aliphatic rings. The predicted molar refractivity (Wildman–Crippen MR) is 90.7 cm³/mol. The highest BCUT2D eigenvalue weighted by atomic mass is 16.5. The zero-order valence-electron chi connectivity index (χ0n) is 14.5.